The zero-order chi connectivity index (χ0) is 10.2. The normalized spacial score (nSPS) is 9.86. The summed E-state index contributed by atoms with van der Waals surface area (Å²) >= 11 is 0. The number of aliphatic hydroxyl groups is 1. The van der Waals surface area contributed by atoms with E-state index in [1.807, 2.05) is 24.3 Å². The highest BCUT2D eigenvalue weighted by atomic mass is 16.5. The van der Waals surface area contributed by atoms with Gasteiger partial charge in [0.15, 0.2) is 0 Å². The largest absolute Gasteiger partial charge is 0.494 e. The van der Waals surface area contributed by atoms with E-state index in [4.69, 9.17) is 14.6 Å². The van der Waals surface area contributed by atoms with Crippen LogP contribution in [0.4, 0.5) is 0 Å². The maximum atomic E-state index is 8.55. The number of hydrogen-bond donors (Lipinski definition) is 1. The molecule has 3 nitrogen and oxygen atoms in total. The van der Waals surface area contributed by atoms with Gasteiger partial charge in [0, 0.05) is 0 Å². The first kappa shape index (κ1) is 10.9. The molecular weight excluding hydrogens is 180 g/mol. The number of aliphatic hydroxyl groups excluding tert-OH is 1. The van der Waals surface area contributed by atoms with Crippen LogP contribution in [0.5, 0.6) is 11.5 Å². The van der Waals surface area contributed by atoms with Crippen molar-refractivity contribution in [1.82, 2.24) is 0 Å². The van der Waals surface area contributed by atoms with Crippen molar-refractivity contribution in [2.24, 2.45) is 0 Å². The SMILES string of the molecule is CCCOc1ccc(OCCO)cc1. The lowest BCUT2D eigenvalue weighted by molar-refractivity contribution is 0.201. The van der Waals surface area contributed by atoms with Gasteiger partial charge < -0.3 is 14.6 Å². The van der Waals surface area contributed by atoms with Gasteiger partial charge in [-0.15, -0.1) is 0 Å². The zero-order valence-corrected chi connectivity index (χ0v) is 8.40. The highest BCUT2D eigenvalue weighted by Gasteiger charge is 1.95. The Morgan fingerprint density at radius 3 is 1.93 bits per heavy atom. The first-order valence-corrected chi connectivity index (χ1v) is 4.83. The minimum Gasteiger partial charge on any atom is -0.494 e. The molecule has 0 fully saturated rings. The minimum absolute atomic E-state index is 0.0358. The summed E-state index contributed by atoms with van der Waals surface area (Å²) in [4.78, 5) is 0. The maximum absolute atomic E-state index is 8.55. The Morgan fingerprint density at radius 2 is 1.50 bits per heavy atom. The molecule has 14 heavy (non-hydrogen) atoms. The summed E-state index contributed by atoms with van der Waals surface area (Å²) in [5.74, 6) is 1.60. The van der Waals surface area contributed by atoms with Crippen LogP contribution in [0.2, 0.25) is 0 Å². The van der Waals surface area contributed by atoms with Crippen molar-refractivity contribution in [2.75, 3.05) is 19.8 Å². The molecule has 1 aromatic carbocycles. The van der Waals surface area contributed by atoms with Crippen LogP contribution in [0.3, 0.4) is 0 Å². The van der Waals surface area contributed by atoms with Gasteiger partial charge in [0.1, 0.15) is 18.1 Å². The predicted octanol–water partition coefficient (Wildman–Crippen LogP) is 1.85. The minimum atomic E-state index is 0.0358. The molecule has 0 spiro atoms. The van der Waals surface area contributed by atoms with Crippen LogP contribution in [-0.2, 0) is 0 Å². The lowest BCUT2D eigenvalue weighted by atomic mass is 10.3. The number of rotatable bonds is 6. The van der Waals surface area contributed by atoms with Gasteiger partial charge in [-0.2, -0.15) is 0 Å². The van der Waals surface area contributed by atoms with Crippen molar-refractivity contribution in [1.29, 1.82) is 0 Å². The lowest BCUT2D eigenvalue weighted by Crippen LogP contribution is -2.01. The van der Waals surface area contributed by atoms with E-state index in [-0.39, 0.29) is 6.61 Å². The van der Waals surface area contributed by atoms with Crippen molar-refractivity contribution in [3.8, 4) is 11.5 Å². The molecular formula is C11H16O3. The molecule has 0 aliphatic carbocycles. The molecule has 0 aliphatic rings. The second kappa shape index (κ2) is 6.27. The smallest absolute Gasteiger partial charge is 0.119 e. The molecule has 0 radical (unpaired) electrons. The third-order valence-electron chi connectivity index (χ3n) is 1.66. The van der Waals surface area contributed by atoms with E-state index in [1.54, 1.807) is 0 Å². The molecule has 0 bridgehead atoms. The van der Waals surface area contributed by atoms with Gasteiger partial charge in [-0.1, -0.05) is 6.92 Å². The van der Waals surface area contributed by atoms with Crippen LogP contribution in [0.25, 0.3) is 0 Å². The summed E-state index contributed by atoms with van der Waals surface area (Å²) in [5, 5.41) is 8.55. The van der Waals surface area contributed by atoms with Gasteiger partial charge in [-0.05, 0) is 30.7 Å². The fourth-order valence-corrected chi connectivity index (χ4v) is 1.02. The Kier molecular flexibility index (Phi) is 4.86. The van der Waals surface area contributed by atoms with E-state index < -0.39 is 0 Å². The fraction of sp³-hybridized carbons (Fsp3) is 0.455. The Hall–Kier alpha value is -1.22. The van der Waals surface area contributed by atoms with Gasteiger partial charge in [-0.25, -0.2) is 0 Å². The first-order chi connectivity index (χ1) is 6.86. The van der Waals surface area contributed by atoms with Gasteiger partial charge in [0.05, 0.1) is 13.2 Å². The zero-order valence-electron chi connectivity index (χ0n) is 8.40. The van der Waals surface area contributed by atoms with E-state index in [1.165, 1.54) is 0 Å². The Bertz CT molecular complexity index is 216. The third kappa shape index (κ3) is 3.66. The van der Waals surface area contributed by atoms with E-state index in [0.29, 0.717) is 6.61 Å². The summed E-state index contributed by atoms with van der Waals surface area (Å²) in [7, 11) is 0. The summed E-state index contributed by atoms with van der Waals surface area (Å²) in [6.07, 6.45) is 1.00. The summed E-state index contributed by atoms with van der Waals surface area (Å²) in [6, 6.07) is 7.39. The van der Waals surface area contributed by atoms with Crippen molar-refractivity contribution in [3.63, 3.8) is 0 Å². The maximum Gasteiger partial charge on any atom is 0.119 e. The van der Waals surface area contributed by atoms with Crippen LogP contribution in [-0.4, -0.2) is 24.9 Å². The van der Waals surface area contributed by atoms with Crippen LogP contribution in [0.1, 0.15) is 13.3 Å². The van der Waals surface area contributed by atoms with Gasteiger partial charge in [0.25, 0.3) is 0 Å². The molecule has 0 heterocycles. The lowest BCUT2D eigenvalue weighted by Gasteiger charge is -2.06. The topological polar surface area (TPSA) is 38.7 Å². The van der Waals surface area contributed by atoms with Crippen molar-refractivity contribution in [3.05, 3.63) is 24.3 Å². The highest BCUT2D eigenvalue weighted by Crippen LogP contribution is 2.17. The van der Waals surface area contributed by atoms with E-state index >= 15 is 0 Å². The van der Waals surface area contributed by atoms with Crippen molar-refractivity contribution < 1.29 is 14.6 Å². The molecule has 3 heteroatoms. The number of ether oxygens (including phenoxy) is 2. The molecule has 0 unspecified atom stereocenters. The quantitative estimate of drug-likeness (QED) is 0.754. The molecule has 0 saturated carbocycles. The van der Waals surface area contributed by atoms with Crippen molar-refractivity contribution in [2.45, 2.75) is 13.3 Å². The molecule has 0 saturated heterocycles. The monoisotopic (exact) mass is 196 g/mol. The molecule has 0 aliphatic heterocycles. The molecule has 0 atom stereocenters. The van der Waals surface area contributed by atoms with E-state index in [2.05, 4.69) is 6.92 Å². The van der Waals surface area contributed by atoms with Crippen LogP contribution < -0.4 is 9.47 Å². The molecule has 1 N–H and O–H groups in total. The fourth-order valence-electron chi connectivity index (χ4n) is 1.02. The molecule has 1 aromatic rings. The molecule has 78 valence electrons. The Labute approximate surface area is 84.3 Å². The summed E-state index contributed by atoms with van der Waals surface area (Å²) in [5.41, 5.74) is 0. The Balaban J connectivity index is 2.42. The number of benzene rings is 1. The first-order valence-electron chi connectivity index (χ1n) is 4.83. The molecule has 0 amide bonds. The van der Waals surface area contributed by atoms with Gasteiger partial charge in [-0.3, -0.25) is 0 Å². The highest BCUT2D eigenvalue weighted by molar-refractivity contribution is 5.31. The second-order valence-corrected chi connectivity index (χ2v) is 2.89. The third-order valence-corrected chi connectivity index (χ3v) is 1.66. The van der Waals surface area contributed by atoms with Crippen LogP contribution in [0, 0.1) is 0 Å². The van der Waals surface area contributed by atoms with E-state index in [9.17, 15) is 0 Å². The van der Waals surface area contributed by atoms with Gasteiger partial charge >= 0.3 is 0 Å². The number of hydrogen-bond acceptors (Lipinski definition) is 3. The average molecular weight is 196 g/mol. The second-order valence-electron chi connectivity index (χ2n) is 2.89. The predicted molar refractivity (Wildman–Crippen MR) is 54.8 cm³/mol. The summed E-state index contributed by atoms with van der Waals surface area (Å²) < 4.78 is 10.6. The van der Waals surface area contributed by atoms with Crippen LogP contribution in [0.15, 0.2) is 24.3 Å². The Morgan fingerprint density at radius 1 is 1.00 bits per heavy atom. The van der Waals surface area contributed by atoms with Gasteiger partial charge in [0.2, 0.25) is 0 Å². The molecule has 0 aromatic heterocycles. The average Bonchev–Trinajstić information content (AvgIpc) is 2.25. The standard InChI is InChI=1S/C11H16O3/c1-2-8-13-10-3-5-11(6-4-10)14-9-7-12/h3-6,12H,2,7-9H2,1H3. The summed E-state index contributed by atoms with van der Waals surface area (Å²) in [6.45, 7) is 3.17. The van der Waals surface area contributed by atoms with E-state index in [0.717, 1.165) is 24.5 Å². The van der Waals surface area contributed by atoms with Crippen LogP contribution >= 0.6 is 0 Å². The molecule has 1 rings (SSSR count). The van der Waals surface area contributed by atoms with Crippen molar-refractivity contribution >= 4 is 0 Å².